The topological polar surface area (TPSA) is 60.5 Å². The van der Waals surface area contributed by atoms with Crippen LogP contribution in [-0.2, 0) is 6.18 Å². The van der Waals surface area contributed by atoms with Crippen LogP contribution in [0.15, 0.2) is 42.5 Å². The number of alkyl halides is 3. The number of hydrogen-bond acceptors (Lipinski definition) is 4. The molecule has 3 rings (SSSR count). The summed E-state index contributed by atoms with van der Waals surface area (Å²) in [6.07, 6.45) is -2.85. The van der Waals surface area contributed by atoms with E-state index in [0.717, 1.165) is 23.5 Å². The molecule has 0 saturated heterocycles. The molecule has 0 aliphatic rings. The van der Waals surface area contributed by atoms with Crippen molar-refractivity contribution < 1.29 is 13.2 Å². The van der Waals surface area contributed by atoms with Crippen molar-refractivity contribution in [2.24, 2.45) is 0 Å². The Kier molecular flexibility index (Phi) is 4.26. The summed E-state index contributed by atoms with van der Waals surface area (Å²) in [6, 6.07) is 14.0. The molecule has 0 N–H and O–H groups in total. The molecule has 0 aliphatic carbocycles. The average Bonchev–Trinajstić information content (AvgIpc) is 3.02. The second-order valence-corrected chi connectivity index (χ2v) is 6.13. The van der Waals surface area contributed by atoms with Crippen molar-refractivity contribution in [2.75, 3.05) is 0 Å². The molecule has 0 unspecified atom stereocenters. The molecule has 1 heterocycles. The zero-order valence-corrected chi connectivity index (χ0v) is 13.3. The van der Waals surface area contributed by atoms with Crippen LogP contribution < -0.4 is 0 Å². The van der Waals surface area contributed by atoms with Gasteiger partial charge in [0.25, 0.3) is 0 Å². The average molecular weight is 355 g/mol. The van der Waals surface area contributed by atoms with Gasteiger partial charge in [-0.25, -0.2) is 4.98 Å². The molecule has 3 nitrogen and oxygen atoms in total. The highest BCUT2D eigenvalue weighted by atomic mass is 32.1. The number of fused-ring (bicyclic) bond motifs is 1. The van der Waals surface area contributed by atoms with Crippen molar-refractivity contribution in [3.63, 3.8) is 0 Å². The number of allylic oxidation sites excluding steroid dienone is 1. The van der Waals surface area contributed by atoms with Gasteiger partial charge in [-0.05, 0) is 42.0 Å². The first kappa shape index (κ1) is 16.7. The van der Waals surface area contributed by atoms with E-state index in [1.54, 1.807) is 30.3 Å². The molecule has 2 aromatic carbocycles. The largest absolute Gasteiger partial charge is 0.416 e. The molecule has 25 heavy (non-hydrogen) atoms. The van der Waals surface area contributed by atoms with Gasteiger partial charge >= 0.3 is 6.18 Å². The molecule has 0 atom stereocenters. The van der Waals surface area contributed by atoms with E-state index in [4.69, 9.17) is 5.26 Å². The fourth-order valence-electron chi connectivity index (χ4n) is 2.18. The van der Waals surface area contributed by atoms with E-state index in [9.17, 15) is 18.4 Å². The van der Waals surface area contributed by atoms with Gasteiger partial charge in [0, 0.05) is 0 Å². The fraction of sp³-hybridized carbons (Fsp3) is 0.0556. The summed E-state index contributed by atoms with van der Waals surface area (Å²) in [5.41, 5.74) is 0.878. The number of halogens is 3. The quantitative estimate of drug-likeness (QED) is 0.590. The Bertz CT molecular complexity index is 1050. The van der Waals surface area contributed by atoms with Crippen LogP contribution in [0.2, 0.25) is 0 Å². The summed E-state index contributed by atoms with van der Waals surface area (Å²) < 4.78 is 38.9. The zero-order valence-electron chi connectivity index (χ0n) is 12.5. The van der Waals surface area contributed by atoms with Gasteiger partial charge in [-0.2, -0.15) is 23.7 Å². The summed E-state index contributed by atoms with van der Waals surface area (Å²) >= 11 is 1.15. The third-order valence-electron chi connectivity index (χ3n) is 3.42. The van der Waals surface area contributed by atoms with Crippen LogP contribution in [0.4, 0.5) is 13.2 Å². The summed E-state index contributed by atoms with van der Waals surface area (Å²) in [5.74, 6) is 0. The SMILES string of the molecule is N#CC(=Cc1ccc(C#N)cc1)c1nc2cc(C(F)(F)F)ccc2s1. The summed E-state index contributed by atoms with van der Waals surface area (Å²) in [7, 11) is 0. The molecule has 1 aromatic heterocycles. The fourth-order valence-corrected chi connectivity index (χ4v) is 3.09. The lowest BCUT2D eigenvalue weighted by Gasteiger charge is -2.04. The number of rotatable bonds is 2. The first-order chi connectivity index (χ1) is 11.9. The van der Waals surface area contributed by atoms with Crippen LogP contribution in [0.3, 0.4) is 0 Å². The monoisotopic (exact) mass is 355 g/mol. The highest BCUT2D eigenvalue weighted by Gasteiger charge is 2.30. The molecule has 0 bridgehead atoms. The molecule has 0 aliphatic heterocycles. The first-order valence-corrected chi connectivity index (χ1v) is 7.82. The minimum absolute atomic E-state index is 0.204. The zero-order chi connectivity index (χ0) is 18.0. The Morgan fingerprint density at radius 2 is 1.80 bits per heavy atom. The van der Waals surface area contributed by atoms with Gasteiger partial charge in [0.05, 0.1) is 33.0 Å². The molecule has 3 aromatic rings. The van der Waals surface area contributed by atoms with E-state index in [2.05, 4.69) is 4.98 Å². The molecule has 0 fully saturated rings. The highest BCUT2D eigenvalue weighted by molar-refractivity contribution is 7.19. The van der Waals surface area contributed by atoms with Gasteiger partial charge in [-0.15, -0.1) is 11.3 Å². The van der Waals surface area contributed by atoms with Crippen molar-refractivity contribution in [3.05, 3.63) is 64.2 Å². The first-order valence-electron chi connectivity index (χ1n) is 7.01. The van der Waals surface area contributed by atoms with Crippen molar-refractivity contribution in [1.29, 1.82) is 10.5 Å². The molecule has 0 radical (unpaired) electrons. The van der Waals surface area contributed by atoms with Crippen molar-refractivity contribution in [3.8, 4) is 12.1 Å². The Morgan fingerprint density at radius 1 is 1.08 bits per heavy atom. The Labute approximate surface area is 144 Å². The summed E-state index contributed by atoms with van der Waals surface area (Å²) in [6.45, 7) is 0. The third-order valence-corrected chi connectivity index (χ3v) is 4.49. The number of nitriles is 2. The van der Waals surface area contributed by atoms with Crippen molar-refractivity contribution in [2.45, 2.75) is 6.18 Å². The van der Waals surface area contributed by atoms with E-state index in [0.29, 0.717) is 20.8 Å². The van der Waals surface area contributed by atoms with Gasteiger partial charge in [-0.3, -0.25) is 0 Å². The van der Waals surface area contributed by atoms with Crippen LogP contribution in [0.1, 0.15) is 21.7 Å². The number of thiazole rings is 1. The second-order valence-electron chi connectivity index (χ2n) is 5.10. The lowest BCUT2D eigenvalue weighted by atomic mass is 10.1. The maximum absolute atomic E-state index is 12.8. The lowest BCUT2D eigenvalue weighted by molar-refractivity contribution is -0.137. The minimum atomic E-state index is -4.44. The summed E-state index contributed by atoms with van der Waals surface area (Å²) in [4.78, 5) is 4.16. The molecule has 122 valence electrons. The maximum atomic E-state index is 12.8. The van der Waals surface area contributed by atoms with E-state index < -0.39 is 11.7 Å². The summed E-state index contributed by atoms with van der Waals surface area (Å²) in [5, 5.41) is 18.5. The Hall–Kier alpha value is -3.16. The van der Waals surface area contributed by atoms with Crippen LogP contribution in [0.5, 0.6) is 0 Å². The van der Waals surface area contributed by atoms with Crippen molar-refractivity contribution >= 4 is 33.2 Å². The van der Waals surface area contributed by atoms with Gasteiger partial charge < -0.3 is 0 Å². The molecule has 0 amide bonds. The van der Waals surface area contributed by atoms with E-state index in [1.807, 2.05) is 12.1 Å². The maximum Gasteiger partial charge on any atom is 0.416 e. The van der Waals surface area contributed by atoms with Crippen LogP contribution in [0.25, 0.3) is 21.9 Å². The van der Waals surface area contributed by atoms with Gasteiger partial charge in [0.1, 0.15) is 11.1 Å². The van der Waals surface area contributed by atoms with Crippen LogP contribution in [-0.4, -0.2) is 4.98 Å². The predicted molar refractivity (Wildman–Crippen MR) is 89.3 cm³/mol. The molecular weight excluding hydrogens is 347 g/mol. The number of benzene rings is 2. The smallest absolute Gasteiger partial charge is 0.235 e. The molecule has 0 saturated carbocycles. The molecular formula is C18H8F3N3S. The third kappa shape index (κ3) is 3.52. The van der Waals surface area contributed by atoms with E-state index >= 15 is 0 Å². The predicted octanol–water partition coefficient (Wildman–Crippen LogP) is 5.25. The standard InChI is InChI=1S/C18H8F3N3S/c19-18(20,21)14-5-6-16-15(8-14)24-17(25-16)13(10-23)7-11-1-3-12(9-22)4-2-11/h1-8H. The van der Waals surface area contributed by atoms with Gasteiger partial charge in [0.15, 0.2) is 0 Å². The number of aromatic nitrogens is 1. The minimum Gasteiger partial charge on any atom is -0.235 e. The Morgan fingerprint density at radius 3 is 2.40 bits per heavy atom. The Balaban J connectivity index is 2.02. The van der Waals surface area contributed by atoms with E-state index in [1.165, 1.54) is 6.07 Å². The van der Waals surface area contributed by atoms with Crippen LogP contribution >= 0.6 is 11.3 Å². The van der Waals surface area contributed by atoms with E-state index in [-0.39, 0.29) is 11.1 Å². The number of nitrogens with zero attached hydrogens (tertiary/aromatic N) is 3. The number of hydrogen-bond donors (Lipinski definition) is 0. The lowest BCUT2D eigenvalue weighted by Crippen LogP contribution is -2.03. The second kappa shape index (κ2) is 6.39. The van der Waals surface area contributed by atoms with Crippen LogP contribution in [0, 0.1) is 22.7 Å². The highest BCUT2D eigenvalue weighted by Crippen LogP contribution is 2.34. The van der Waals surface area contributed by atoms with Gasteiger partial charge in [0.2, 0.25) is 0 Å². The normalized spacial score (nSPS) is 12.0. The molecule has 0 spiro atoms. The molecule has 7 heteroatoms. The van der Waals surface area contributed by atoms with Crippen molar-refractivity contribution in [1.82, 2.24) is 4.98 Å². The van der Waals surface area contributed by atoms with Gasteiger partial charge in [-0.1, -0.05) is 12.1 Å².